The smallest absolute Gasteiger partial charge is 0.182 e. The summed E-state index contributed by atoms with van der Waals surface area (Å²) in [4.78, 5) is 4.31. The van der Waals surface area contributed by atoms with Crippen molar-refractivity contribution in [2.24, 2.45) is 0 Å². The molecule has 0 aliphatic rings. The van der Waals surface area contributed by atoms with Crippen LogP contribution in [0.15, 0.2) is 72.2 Å². The number of nitrogens with one attached hydrogen (secondary N) is 1. The zero-order chi connectivity index (χ0) is 17.8. The van der Waals surface area contributed by atoms with Crippen molar-refractivity contribution in [3.8, 4) is 5.75 Å². The van der Waals surface area contributed by atoms with Crippen molar-refractivity contribution < 1.29 is 4.74 Å². The molecule has 0 bridgehead atoms. The molecule has 0 unspecified atom stereocenters. The number of hydrogen-bond acceptors (Lipinski definition) is 4. The molecule has 0 saturated carbocycles. The normalized spacial score (nSPS) is 10.8. The molecule has 0 atom stereocenters. The molecule has 0 aliphatic carbocycles. The SMILES string of the molecule is Cc1cccc(COc2ccc3ccccc3c2CNc2nccs2)c1. The molecule has 3 aromatic carbocycles. The largest absolute Gasteiger partial charge is 0.489 e. The molecule has 130 valence electrons. The van der Waals surface area contributed by atoms with E-state index in [1.165, 1.54) is 21.9 Å². The molecular weight excluding hydrogens is 340 g/mol. The molecule has 1 N–H and O–H groups in total. The first-order valence-corrected chi connectivity index (χ1v) is 9.50. The molecular formula is C22H20N2OS. The maximum Gasteiger partial charge on any atom is 0.182 e. The van der Waals surface area contributed by atoms with Crippen LogP contribution in [0.4, 0.5) is 5.13 Å². The van der Waals surface area contributed by atoms with Gasteiger partial charge in [0, 0.05) is 23.7 Å². The maximum atomic E-state index is 6.20. The first-order chi connectivity index (χ1) is 12.8. The number of fused-ring (bicyclic) bond motifs is 1. The Labute approximate surface area is 157 Å². The topological polar surface area (TPSA) is 34.1 Å². The molecule has 4 aromatic rings. The number of ether oxygens (including phenoxy) is 1. The highest BCUT2D eigenvalue weighted by atomic mass is 32.1. The van der Waals surface area contributed by atoms with Gasteiger partial charge in [0.25, 0.3) is 0 Å². The summed E-state index contributed by atoms with van der Waals surface area (Å²) in [6.45, 7) is 3.34. The number of benzene rings is 3. The summed E-state index contributed by atoms with van der Waals surface area (Å²) in [5.41, 5.74) is 3.58. The van der Waals surface area contributed by atoms with E-state index in [9.17, 15) is 0 Å². The van der Waals surface area contributed by atoms with Crippen LogP contribution in [0.5, 0.6) is 5.75 Å². The van der Waals surface area contributed by atoms with Gasteiger partial charge >= 0.3 is 0 Å². The number of anilines is 1. The Morgan fingerprint density at radius 2 is 1.96 bits per heavy atom. The van der Waals surface area contributed by atoms with E-state index < -0.39 is 0 Å². The van der Waals surface area contributed by atoms with Gasteiger partial charge in [-0.25, -0.2) is 4.98 Å². The first kappa shape index (κ1) is 16.6. The molecule has 0 saturated heterocycles. The summed E-state index contributed by atoms with van der Waals surface area (Å²) in [6, 6.07) is 21.0. The molecule has 0 fully saturated rings. The van der Waals surface area contributed by atoms with E-state index in [4.69, 9.17) is 4.74 Å². The second-order valence-corrected chi connectivity index (χ2v) is 7.13. The van der Waals surface area contributed by atoms with E-state index in [-0.39, 0.29) is 0 Å². The van der Waals surface area contributed by atoms with Gasteiger partial charge in [0.2, 0.25) is 0 Å². The predicted octanol–water partition coefficient (Wildman–Crippen LogP) is 5.80. The van der Waals surface area contributed by atoms with Gasteiger partial charge in [0.05, 0.1) is 0 Å². The maximum absolute atomic E-state index is 6.20. The van der Waals surface area contributed by atoms with Crippen molar-refractivity contribution in [3.05, 3.63) is 88.9 Å². The lowest BCUT2D eigenvalue weighted by Gasteiger charge is -2.15. The molecule has 0 radical (unpaired) electrons. The van der Waals surface area contributed by atoms with Crippen molar-refractivity contribution in [1.29, 1.82) is 0 Å². The van der Waals surface area contributed by atoms with Crippen molar-refractivity contribution in [2.45, 2.75) is 20.1 Å². The summed E-state index contributed by atoms with van der Waals surface area (Å²) in [7, 11) is 0. The van der Waals surface area contributed by atoms with Crippen LogP contribution >= 0.6 is 11.3 Å². The number of rotatable bonds is 6. The van der Waals surface area contributed by atoms with Crippen molar-refractivity contribution >= 4 is 27.2 Å². The Balaban J connectivity index is 1.63. The average Bonchev–Trinajstić information content (AvgIpc) is 3.18. The third kappa shape index (κ3) is 3.70. The average molecular weight is 360 g/mol. The van der Waals surface area contributed by atoms with Gasteiger partial charge in [-0.2, -0.15) is 0 Å². The number of aryl methyl sites for hydroxylation is 1. The highest BCUT2D eigenvalue weighted by Crippen LogP contribution is 2.30. The highest BCUT2D eigenvalue weighted by Gasteiger charge is 2.10. The minimum absolute atomic E-state index is 0.560. The fraction of sp³-hybridized carbons (Fsp3) is 0.136. The molecule has 3 nitrogen and oxygen atoms in total. The predicted molar refractivity (Wildman–Crippen MR) is 109 cm³/mol. The molecule has 0 aliphatic heterocycles. The minimum Gasteiger partial charge on any atom is -0.489 e. The van der Waals surface area contributed by atoms with Crippen LogP contribution < -0.4 is 10.1 Å². The van der Waals surface area contributed by atoms with Gasteiger partial charge in [-0.15, -0.1) is 11.3 Å². The van der Waals surface area contributed by atoms with Crippen molar-refractivity contribution in [2.75, 3.05) is 5.32 Å². The van der Waals surface area contributed by atoms with E-state index in [1.807, 2.05) is 11.6 Å². The number of thiazole rings is 1. The summed E-state index contributed by atoms with van der Waals surface area (Å²) >= 11 is 1.60. The van der Waals surface area contributed by atoms with E-state index in [1.54, 1.807) is 11.3 Å². The molecule has 1 heterocycles. The third-order valence-electron chi connectivity index (χ3n) is 4.32. The summed E-state index contributed by atoms with van der Waals surface area (Å²) in [5.74, 6) is 0.911. The fourth-order valence-electron chi connectivity index (χ4n) is 3.07. The monoisotopic (exact) mass is 360 g/mol. The Kier molecular flexibility index (Phi) is 4.84. The number of aromatic nitrogens is 1. The minimum atomic E-state index is 0.560. The summed E-state index contributed by atoms with van der Waals surface area (Å²) in [6.07, 6.45) is 1.81. The van der Waals surface area contributed by atoms with Crippen LogP contribution in [0.1, 0.15) is 16.7 Å². The molecule has 0 spiro atoms. The zero-order valence-electron chi connectivity index (χ0n) is 14.6. The second-order valence-electron chi connectivity index (χ2n) is 6.23. The molecule has 1 aromatic heterocycles. The second kappa shape index (κ2) is 7.58. The molecule has 26 heavy (non-hydrogen) atoms. The number of hydrogen-bond donors (Lipinski definition) is 1. The molecule has 0 amide bonds. The van der Waals surface area contributed by atoms with Crippen LogP contribution in [-0.4, -0.2) is 4.98 Å². The van der Waals surface area contributed by atoms with Crippen LogP contribution in [0.2, 0.25) is 0 Å². The first-order valence-electron chi connectivity index (χ1n) is 8.62. The van der Waals surface area contributed by atoms with Crippen molar-refractivity contribution in [3.63, 3.8) is 0 Å². The van der Waals surface area contributed by atoms with Gasteiger partial charge in [-0.3, -0.25) is 0 Å². The van der Waals surface area contributed by atoms with E-state index in [0.717, 1.165) is 16.4 Å². The van der Waals surface area contributed by atoms with Crippen LogP contribution in [0.3, 0.4) is 0 Å². The number of nitrogens with zero attached hydrogens (tertiary/aromatic N) is 1. The molecule has 4 heteroatoms. The lowest BCUT2D eigenvalue weighted by Crippen LogP contribution is -2.04. The highest BCUT2D eigenvalue weighted by molar-refractivity contribution is 7.13. The van der Waals surface area contributed by atoms with E-state index in [0.29, 0.717) is 13.2 Å². The molecule has 4 rings (SSSR count). The van der Waals surface area contributed by atoms with Gasteiger partial charge in [-0.1, -0.05) is 60.2 Å². The summed E-state index contributed by atoms with van der Waals surface area (Å²) in [5, 5.41) is 8.72. The van der Waals surface area contributed by atoms with Gasteiger partial charge in [0.1, 0.15) is 12.4 Å². The van der Waals surface area contributed by atoms with Gasteiger partial charge in [0.15, 0.2) is 5.13 Å². The van der Waals surface area contributed by atoms with E-state index >= 15 is 0 Å². The quantitative estimate of drug-likeness (QED) is 0.472. The Morgan fingerprint density at radius 3 is 2.81 bits per heavy atom. The fourth-order valence-corrected chi connectivity index (χ4v) is 3.60. The summed E-state index contributed by atoms with van der Waals surface area (Å²) < 4.78 is 6.20. The Morgan fingerprint density at radius 1 is 1.04 bits per heavy atom. The Hall–Kier alpha value is -2.85. The van der Waals surface area contributed by atoms with Crippen LogP contribution in [0.25, 0.3) is 10.8 Å². The van der Waals surface area contributed by atoms with Gasteiger partial charge < -0.3 is 10.1 Å². The zero-order valence-corrected chi connectivity index (χ0v) is 15.4. The lowest BCUT2D eigenvalue weighted by molar-refractivity contribution is 0.304. The third-order valence-corrected chi connectivity index (χ3v) is 5.05. The standard InChI is InChI=1S/C22H20N2OS/c1-16-5-4-6-17(13-16)15-25-21-10-9-18-7-2-3-8-19(18)20(21)14-24-22-23-11-12-26-22/h2-13H,14-15H2,1H3,(H,23,24). The lowest BCUT2D eigenvalue weighted by atomic mass is 10.0. The van der Waals surface area contributed by atoms with Crippen LogP contribution in [-0.2, 0) is 13.2 Å². The van der Waals surface area contributed by atoms with Crippen LogP contribution in [0, 0.1) is 6.92 Å². The van der Waals surface area contributed by atoms with Gasteiger partial charge in [-0.05, 0) is 29.3 Å². The van der Waals surface area contributed by atoms with E-state index in [2.05, 4.69) is 77.9 Å². The van der Waals surface area contributed by atoms with Crippen molar-refractivity contribution in [1.82, 2.24) is 4.98 Å². The Bertz CT molecular complexity index is 1010.